The molecule has 6 nitrogen and oxygen atoms in total. The maximum absolute atomic E-state index is 8.63. The van der Waals surface area contributed by atoms with Crippen molar-refractivity contribution in [1.82, 2.24) is 10.2 Å². The molecule has 1 aromatic rings. The fourth-order valence-corrected chi connectivity index (χ4v) is 1.13. The Morgan fingerprint density at radius 3 is 2.82 bits per heavy atom. The zero-order chi connectivity index (χ0) is 12.9. The van der Waals surface area contributed by atoms with Gasteiger partial charge in [0, 0.05) is 0 Å². The van der Waals surface area contributed by atoms with Crippen LogP contribution in [0, 0.1) is 5.41 Å². The van der Waals surface area contributed by atoms with E-state index in [2.05, 4.69) is 36.1 Å². The molecule has 0 unspecified atom stereocenters. The van der Waals surface area contributed by atoms with Crippen molar-refractivity contribution >= 4 is 5.84 Å². The quantitative estimate of drug-likeness (QED) is 0.358. The van der Waals surface area contributed by atoms with E-state index in [1.165, 1.54) is 6.20 Å². The molecule has 0 spiro atoms. The first-order valence-electron chi connectivity index (χ1n) is 5.36. The van der Waals surface area contributed by atoms with Crippen LogP contribution >= 0.6 is 0 Å². The third-order valence-corrected chi connectivity index (χ3v) is 2.16. The van der Waals surface area contributed by atoms with Crippen molar-refractivity contribution in [2.24, 2.45) is 16.3 Å². The van der Waals surface area contributed by atoms with E-state index in [1.807, 2.05) is 0 Å². The molecular weight excluding hydrogens is 220 g/mol. The highest BCUT2D eigenvalue weighted by Crippen LogP contribution is 2.20. The maximum Gasteiger partial charge on any atom is 0.244 e. The predicted molar refractivity (Wildman–Crippen MR) is 64.1 cm³/mol. The monoisotopic (exact) mass is 238 g/mol. The highest BCUT2D eigenvalue weighted by molar-refractivity contribution is 5.98. The molecule has 1 aromatic heterocycles. The van der Waals surface area contributed by atoms with Gasteiger partial charge >= 0.3 is 0 Å². The van der Waals surface area contributed by atoms with Gasteiger partial charge in [-0.05, 0) is 17.9 Å². The summed E-state index contributed by atoms with van der Waals surface area (Å²) in [6, 6.07) is 1.59. The van der Waals surface area contributed by atoms with Crippen LogP contribution < -0.4 is 10.5 Å². The third kappa shape index (κ3) is 4.26. The Balaban J connectivity index is 2.71. The first-order chi connectivity index (χ1) is 7.94. The van der Waals surface area contributed by atoms with Crippen LogP contribution in [0.4, 0.5) is 0 Å². The lowest BCUT2D eigenvalue weighted by Gasteiger charge is -2.18. The molecule has 1 rings (SSSR count). The van der Waals surface area contributed by atoms with E-state index in [-0.39, 0.29) is 17.1 Å². The van der Waals surface area contributed by atoms with Crippen molar-refractivity contribution < 1.29 is 9.94 Å². The van der Waals surface area contributed by atoms with Gasteiger partial charge in [0.2, 0.25) is 5.88 Å². The number of hydrogen-bond donors (Lipinski definition) is 2. The minimum absolute atomic E-state index is 0.0364. The van der Waals surface area contributed by atoms with Crippen LogP contribution in [-0.2, 0) is 0 Å². The molecule has 0 aliphatic heterocycles. The first kappa shape index (κ1) is 13.2. The second kappa shape index (κ2) is 5.47. The van der Waals surface area contributed by atoms with E-state index in [9.17, 15) is 0 Å². The van der Waals surface area contributed by atoms with Crippen molar-refractivity contribution in [3.8, 4) is 5.88 Å². The second-order valence-electron chi connectivity index (χ2n) is 4.89. The van der Waals surface area contributed by atoms with Gasteiger partial charge in [-0.3, -0.25) is 0 Å². The number of nitrogens with zero attached hydrogens (tertiary/aromatic N) is 3. The van der Waals surface area contributed by atoms with E-state index in [0.29, 0.717) is 12.2 Å². The lowest BCUT2D eigenvalue weighted by Crippen LogP contribution is -2.17. The Kier molecular flexibility index (Phi) is 4.25. The average Bonchev–Trinajstić information content (AvgIpc) is 2.27. The number of rotatable bonds is 4. The van der Waals surface area contributed by atoms with Crippen LogP contribution in [0.2, 0.25) is 0 Å². The van der Waals surface area contributed by atoms with Gasteiger partial charge in [-0.25, -0.2) is 0 Å². The summed E-state index contributed by atoms with van der Waals surface area (Å²) in [6.45, 7) is 6.88. The Labute approximate surface area is 100 Å². The highest BCUT2D eigenvalue weighted by atomic mass is 16.5. The zero-order valence-electron chi connectivity index (χ0n) is 10.3. The van der Waals surface area contributed by atoms with Crippen LogP contribution in [-0.4, -0.2) is 27.8 Å². The molecule has 0 aromatic carbocycles. The Morgan fingerprint density at radius 2 is 2.24 bits per heavy atom. The number of hydrogen-bond acceptors (Lipinski definition) is 5. The molecule has 6 heteroatoms. The van der Waals surface area contributed by atoms with Crippen molar-refractivity contribution in [2.75, 3.05) is 6.61 Å². The van der Waals surface area contributed by atoms with E-state index >= 15 is 0 Å². The van der Waals surface area contributed by atoms with Crippen LogP contribution in [0.3, 0.4) is 0 Å². The molecule has 0 radical (unpaired) electrons. The molecule has 0 atom stereocenters. The Hall–Kier alpha value is -1.85. The van der Waals surface area contributed by atoms with Gasteiger partial charge in [0.15, 0.2) is 5.84 Å². The van der Waals surface area contributed by atoms with Crippen molar-refractivity contribution in [3.05, 3.63) is 17.8 Å². The SMILES string of the molecule is CC(C)(C)CCOc1nnccc1/C(N)=N/O. The minimum Gasteiger partial charge on any atom is -0.476 e. The fourth-order valence-electron chi connectivity index (χ4n) is 1.13. The summed E-state index contributed by atoms with van der Waals surface area (Å²) >= 11 is 0. The van der Waals surface area contributed by atoms with Gasteiger partial charge in [0.1, 0.15) is 0 Å². The molecule has 94 valence electrons. The number of aromatic nitrogens is 2. The van der Waals surface area contributed by atoms with E-state index < -0.39 is 0 Å². The summed E-state index contributed by atoms with van der Waals surface area (Å²) in [7, 11) is 0. The smallest absolute Gasteiger partial charge is 0.244 e. The molecule has 0 aliphatic rings. The molecule has 0 fully saturated rings. The average molecular weight is 238 g/mol. The van der Waals surface area contributed by atoms with Gasteiger partial charge in [0.25, 0.3) is 0 Å². The standard InChI is InChI=1S/C11H18N4O2/c1-11(2,3)5-7-17-10-8(9(12)15-16)4-6-13-14-10/h4,6,16H,5,7H2,1-3H3,(H2,12,15). The lowest BCUT2D eigenvalue weighted by atomic mass is 9.93. The van der Waals surface area contributed by atoms with Gasteiger partial charge in [-0.1, -0.05) is 25.9 Å². The van der Waals surface area contributed by atoms with E-state index in [1.54, 1.807) is 6.07 Å². The summed E-state index contributed by atoms with van der Waals surface area (Å²) in [6.07, 6.45) is 2.34. The van der Waals surface area contributed by atoms with Crippen LogP contribution in [0.1, 0.15) is 32.8 Å². The van der Waals surface area contributed by atoms with Gasteiger partial charge in [0.05, 0.1) is 18.4 Å². The highest BCUT2D eigenvalue weighted by Gasteiger charge is 2.13. The van der Waals surface area contributed by atoms with Crippen LogP contribution in [0.5, 0.6) is 5.88 Å². The molecule has 17 heavy (non-hydrogen) atoms. The molecule has 0 amide bonds. The summed E-state index contributed by atoms with van der Waals surface area (Å²) in [5.41, 5.74) is 6.13. The molecule has 0 aliphatic carbocycles. The van der Waals surface area contributed by atoms with Crippen molar-refractivity contribution in [2.45, 2.75) is 27.2 Å². The van der Waals surface area contributed by atoms with Gasteiger partial charge < -0.3 is 15.7 Å². The number of oxime groups is 1. The first-order valence-corrected chi connectivity index (χ1v) is 5.36. The Bertz CT molecular complexity index is 399. The second-order valence-corrected chi connectivity index (χ2v) is 4.89. The minimum atomic E-state index is -0.0364. The lowest BCUT2D eigenvalue weighted by molar-refractivity contribution is 0.234. The van der Waals surface area contributed by atoms with E-state index in [4.69, 9.17) is 15.7 Å². The zero-order valence-corrected chi connectivity index (χ0v) is 10.3. The van der Waals surface area contributed by atoms with Crippen molar-refractivity contribution in [3.63, 3.8) is 0 Å². The fraction of sp³-hybridized carbons (Fsp3) is 0.545. The largest absolute Gasteiger partial charge is 0.476 e. The number of ether oxygens (including phenoxy) is 1. The molecular formula is C11H18N4O2. The van der Waals surface area contributed by atoms with Gasteiger partial charge in [-0.2, -0.15) is 5.10 Å². The predicted octanol–water partition coefficient (Wildman–Crippen LogP) is 1.39. The topological polar surface area (TPSA) is 93.6 Å². The molecule has 0 saturated carbocycles. The molecule has 0 bridgehead atoms. The third-order valence-electron chi connectivity index (χ3n) is 2.16. The number of amidine groups is 1. The normalized spacial score (nSPS) is 12.5. The summed E-state index contributed by atoms with van der Waals surface area (Å²) in [5, 5.41) is 19.1. The van der Waals surface area contributed by atoms with E-state index in [0.717, 1.165) is 6.42 Å². The Morgan fingerprint density at radius 1 is 1.53 bits per heavy atom. The summed E-state index contributed by atoms with van der Waals surface area (Å²) in [5.74, 6) is 0.248. The maximum atomic E-state index is 8.63. The molecule has 1 heterocycles. The van der Waals surface area contributed by atoms with Crippen LogP contribution in [0.15, 0.2) is 17.4 Å². The molecule has 0 saturated heterocycles. The molecule has 3 N–H and O–H groups in total. The summed E-state index contributed by atoms with van der Waals surface area (Å²) in [4.78, 5) is 0. The van der Waals surface area contributed by atoms with Crippen molar-refractivity contribution in [1.29, 1.82) is 0 Å². The summed E-state index contributed by atoms with van der Waals surface area (Å²) < 4.78 is 5.49. The van der Waals surface area contributed by atoms with Gasteiger partial charge in [-0.15, -0.1) is 5.10 Å². The number of nitrogens with two attached hydrogens (primary N) is 1. The van der Waals surface area contributed by atoms with Crippen LogP contribution in [0.25, 0.3) is 0 Å².